The average Bonchev–Trinajstić information content (AvgIpc) is 3.02. The van der Waals surface area contributed by atoms with Crippen LogP contribution in [0.1, 0.15) is 27.0 Å². The highest BCUT2D eigenvalue weighted by Crippen LogP contribution is 2.26. The third-order valence-electron chi connectivity index (χ3n) is 3.79. The number of rotatable bonds is 5. The van der Waals surface area contributed by atoms with Gasteiger partial charge < -0.3 is 4.42 Å². The summed E-state index contributed by atoms with van der Waals surface area (Å²) in [7, 11) is 0. The van der Waals surface area contributed by atoms with Crippen LogP contribution in [0.25, 0.3) is 11.5 Å². The van der Waals surface area contributed by atoms with Crippen molar-refractivity contribution < 1.29 is 9.21 Å². The first-order valence-corrected chi connectivity index (χ1v) is 8.66. The smallest absolute Gasteiger partial charge is 0.277 e. The number of hydrogen-bond donors (Lipinski definition) is 0. The van der Waals surface area contributed by atoms with Gasteiger partial charge >= 0.3 is 0 Å². The summed E-state index contributed by atoms with van der Waals surface area (Å²) in [5.41, 5.74) is 4.87. The molecule has 0 aliphatic heterocycles. The lowest BCUT2D eigenvalue weighted by atomic mass is 10.0. The zero-order valence-corrected chi connectivity index (χ0v) is 14.7. The Hall–Kier alpha value is -2.40. The molecule has 0 saturated heterocycles. The van der Waals surface area contributed by atoms with Gasteiger partial charge in [0, 0.05) is 11.1 Å². The van der Waals surface area contributed by atoms with Crippen LogP contribution < -0.4 is 0 Å². The molecule has 4 nitrogen and oxygen atoms in total. The topological polar surface area (TPSA) is 56.0 Å². The third-order valence-corrected chi connectivity index (χ3v) is 4.61. The number of Topliss-reactive ketones (excluding diaryl/α,β-unsaturated/α-hetero) is 1. The molecular weight excluding hydrogens is 320 g/mol. The van der Waals surface area contributed by atoms with Crippen LogP contribution in [0, 0.1) is 20.8 Å². The van der Waals surface area contributed by atoms with E-state index in [1.54, 1.807) is 0 Å². The second-order valence-electron chi connectivity index (χ2n) is 5.72. The normalized spacial score (nSPS) is 10.8. The maximum atomic E-state index is 12.4. The monoisotopic (exact) mass is 338 g/mol. The molecule has 0 radical (unpaired) electrons. The molecular formula is C19H18N2O2S. The summed E-state index contributed by atoms with van der Waals surface area (Å²) in [5.74, 6) is 0.821. The highest BCUT2D eigenvalue weighted by molar-refractivity contribution is 7.99. The molecule has 3 aromatic rings. The Morgan fingerprint density at radius 3 is 2.58 bits per heavy atom. The lowest BCUT2D eigenvalue weighted by molar-refractivity contribution is 0.102. The van der Waals surface area contributed by atoms with Crippen molar-refractivity contribution >= 4 is 17.5 Å². The van der Waals surface area contributed by atoms with E-state index >= 15 is 0 Å². The SMILES string of the molecule is Cc1ccc(C(=O)CSc2nnc(-c3ccccc3C)o2)c(C)c1. The summed E-state index contributed by atoms with van der Waals surface area (Å²) in [6.07, 6.45) is 0. The minimum Gasteiger partial charge on any atom is -0.411 e. The Labute approximate surface area is 145 Å². The Kier molecular flexibility index (Phi) is 4.81. The first-order chi connectivity index (χ1) is 11.5. The predicted octanol–water partition coefficient (Wildman–Crippen LogP) is 4.64. The summed E-state index contributed by atoms with van der Waals surface area (Å²) in [5, 5.41) is 8.52. The molecule has 0 bridgehead atoms. The van der Waals surface area contributed by atoms with Gasteiger partial charge in [-0.15, -0.1) is 10.2 Å². The maximum absolute atomic E-state index is 12.4. The average molecular weight is 338 g/mol. The Morgan fingerprint density at radius 1 is 1.04 bits per heavy atom. The van der Waals surface area contributed by atoms with Crippen LogP contribution in [0.15, 0.2) is 52.1 Å². The molecule has 2 aromatic carbocycles. The van der Waals surface area contributed by atoms with Crippen LogP contribution in [0.2, 0.25) is 0 Å². The van der Waals surface area contributed by atoms with Crippen LogP contribution in [0.5, 0.6) is 0 Å². The molecule has 0 aliphatic rings. The van der Waals surface area contributed by atoms with Gasteiger partial charge in [-0.05, 0) is 38.0 Å². The van der Waals surface area contributed by atoms with Gasteiger partial charge in [0.1, 0.15) is 0 Å². The molecule has 1 aromatic heterocycles. The summed E-state index contributed by atoms with van der Waals surface area (Å²) in [6, 6.07) is 13.7. The van der Waals surface area contributed by atoms with E-state index in [1.165, 1.54) is 11.8 Å². The van der Waals surface area contributed by atoms with Crippen LogP contribution in [0.3, 0.4) is 0 Å². The van der Waals surface area contributed by atoms with E-state index in [0.29, 0.717) is 11.1 Å². The molecule has 3 rings (SSSR count). The van der Waals surface area contributed by atoms with Crippen LogP contribution in [0.4, 0.5) is 0 Å². The number of aryl methyl sites for hydroxylation is 3. The van der Waals surface area contributed by atoms with E-state index < -0.39 is 0 Å². The highest BCUT2D eigenvalue weighted by Gasteiger charge is 2.14. The highest BCUT2D eigenvalue weighted by atomic mass is 32.2. The minimum absolute atomic E-state index is 0.0631. The van der Waals surface area contributed by atoms with Crippen molar-refractivity contribution in [3.8, 4) is 11.5 Å². The molecule has 0 N–H and O–H groups in total. The van der Waals surface area contributed by atoms with Crippen LogP contribution in [-0.2, 0) is 0 Å². The quantitative estimate of drug-likeness (QED) is 0.501. The fraction of sp³-hybridized carbons (Fsp3) is 0.211. The minimum atomic E-state index is 0.0631. The summed E-state index contributed by atoms with van der Waals surface area (Å²) >= 11 is 1.27. The first kappa shape index (κ1) is 16.5. The number of ketones is 1. The fourth-order valence-electron chi connectivity index (χ4n) is 2.52. The number of carbonyl (C=O) groups excluding carboxylic acids is 1. The van der Waals surface area contributed by atoms with Gasteiger partial charge in [-0.25, -0.2) is 0 Å². The second-order valence-corrected chi connectivity index (χ2v) is 6.64. The molecule has 0 spiro atoms. The Morgan fingerprint density at radius 2 is 1.83 bits per heavy atom. The lowest BCUT2D eigenvalue weighted by Gasteiger charge is -2.04. The Balaban J connectivity index is 1.69. The van der Waals surface area contributed by atoms with Crippen molar-refractivity contribution in [3.05, 3.63) is 64.7 Å². The summed E-state index contributed by atoms with van der Waals surface area (Å²) in [4.78, 5) is 12.4. The van der Waals surface area contributed by atoms with Gasteiger partial charge in [0.15, 0.2) is 5.78 Å². The number of hydrogen-bond acceptors (Lipinski definition) is 5. The standard InChI is InChI=1S/C19H18N2O2S/c1-12-8-9-15(14(3)10-12)17(22)11-24-19-21-20-18(23-19)16-7-5-4-6-13(16)2/h4-10H,11H2,1-3H3. The number of thioether (sulfide) groups is 1. The molecule has 24 heavy (non-hydrogen) atoms. The zero-order chi connectivity index (χ0) is 17.1. The number of carbonyl (C=O) groups is 1. The van der Waals surface area contributed by atoms with Gasteiger partial charge in [0.2, 0.25) is 5.89 Å². The van der Waals surface area contributed by atoms with Gasteiger partial charge in [-0.2, -0.15) is 0 Å². The van der Waals surface area contributed by atoms with Crippen LogP contribution in [-0.4, -0.2) is 21.7 Å². The summed E-state index contributed by atoms with van der Waals surface area (Å²) in [6.45, 7) is 5.96. The number of nitrogens with zero attached hydrogens (tertiary/aromatic N) is 2. The van der Waals surface area contributed by atoms with E-state index in [-0.39, 0.29) is 11.5 Å². The van der Waals surface area contributed by atoms with Crippen molar-refractivity contribution in [2.75, 3.05) is 5.75 Å². The van der Waals surface area contributed by atoms with Crippen molar-refractivity contribution in [2.45, 2.75) is 26.0 Å². The Bertz CT molecular complexity index is 887. The fourth-order valence-corrected chi connectivity index (χ4v) is 3.17. The largest absolute Gasteiger partial charge is 0.411 e. The van der Waals surface area contributed by atoms with E-state index in [0.717, 1.165) is 27.8 Å². The molecule has 0 amide bonds. The lowest BCUT2D eigenvalue weighted by Crippen LogP contribution is -2.04. The van der Waals surface area contributed by atoms with E-state index in [1.807, 2.05) is 63.2 Å². The van der Waals surface area contributed by atoms with Crippen LogP contribution >= 0.6 is 11.8 Å². The van der Waals surface area contributed by atoms with E-state index in [9.17, 15) is 4.79 Å². The zero-order valence-electron chi connectivity index (χ0n) is 13.9. The maximum Gasteiger partial charge on any atom is 0.277 e. The van der Waals surface area contributed by atoms with Gasteiger partial charge in [0.25, 0.3) is 5.22 Å². The summed E-state index contributed by atoms with van der Waals surface area (Å²) < 4.78 is 5.67. The molecule has 1 heterocycles. The van der Waals surface area contributed by atoms with E-state index in [4.69, 9.17) is 4.42 Å². The van der Waals surface area contributed by atoms with Gasteiger partial charge in [-0.3, -0.25) is 4.79 Å². The molecule has 5 heteroatoms. The predicted molar refractivity (Wildman–Crippen MR) is 95.4 cm³/mol. The molecule has 0 saturated carbocycles. The van der Waals surface area contributed by atoms with Gasteiger partial charge in [0.05, 0.1) is 5.75 Å². The molecule has 0 fully saturated rings. The van der Waals surface area contributed by atoms with Crippen molar-refractivity contribution in [1.29, 1.82) is 0 Å². The van der Waals surface area contributed by atoms with Gasteiger partial charge in [-0.1, -0.05) is 53.7 Å². The number of benzene rings is 2. The van der Waals surface area contributed by atoms with Crippen molar-refractivity contribution in [2.24, 2.45) is 0 Å². The molecule has 0 aliphatic carbocycles. The molecule has 122 valence electrons. The number of aromatic nitrogens is 2. The first-order valence-electron chi connectivity index (χ1n) is 7.67. The van der Waals surface area contributed by atoms with Crippen molar-refractivity contribution in [3.63, 3.8) is 0 Å². The van der Waals surface area contributed by atoms with E-state index in [2.05, 4.69) is 10.2 Å². The third kappa shape index (κ3) is 3.57. The molecule has 0 unspecified atom stereocenters. The second kappa shape index (κ2) is 7.01. The molecule has 0 atom stereocenters. The van der Waals surface area contributed by atoms with Crippen molar-refractivity contribution in [1.82, 2.24) is 10.2 Å².